The van der Waals surface area contributed by atoms with Gasteiger partial charge >= 0.3 is 0 Å². The van der Waals surface area contributed by atoms with Gasteiger partial charge in [-0.15, -0.1) is 0 Å². The highest BCUT2D eigenvalue weighted by Gasteiger charge is 2.36. The minimum atomic E-state index is -3.85. The van der Waals surface area contributed by atoms with Gasteiger partial charge in [-0.05, 0) is 24.1 Å². The zero-order valence-corrected chi connectivity index (χ0v) is 22.7. The van der Waals surface area contributed by atoms with E-state index in [2.05, 4.69) is 9.97 Å². The molecule has 2 aromatic heterocycles. The fourth-order valence-electron chi connectivity index (χ4n) is 4.22. The number of carbonyl (C=O) groups is 1. The normalized spacial score (nSPS) is 19.2. The van der Waals surface area contributed by atoms with Gasteiger partial charge in [0.25, 0.3) is 15.9 Å². The maximum Gasteiger partial charge on any atom is 0.261 e. The average Bonchev–Trinajstić information content (AvgIpc) is 3.36. The topological polar surface area (TPSA) is 118 Å². The van der Waals surface area contributed by atoms with Gasteiger partial charge in [0.05, 0.1) is 25.5 Å². The van der Waals surface area contributed by atoms with E-state index in [1.54, 1.807) is 35.7 Å². The molecule has 1 aliphatic rings. The Morgan fingerprint density at radius 3 is 2.58 bits per heavy atom. The number of nitrogens with zero attached hydrogens (tertiary/aromatic N) is 5. The molecule has 0 aliphatic carbocycles. The molecule has 38 heavy (non-hydrogen) atoms. The van der Waals surface area contributed by atoms with Crippen molar-refractivity contribution in [3.8, 4) is 5.88 Å². The number of amides is 1. The quantitative estimate of drug-likeness (QED) is 0.467. The maximum absolute atomic E-state index is 13.6. The zero-order valence-electron chi connectivity index (χ0n) is 21.9. The molecule has 3 aromatic rings. The highest BCUT2D eigenvalue weighted by molar-refractivity contribution is 7.89. The number of carbonyl (C=O) groups excluding carboxylic acids is 1. The van der Waals surface area contributed by atoms with Gasteiger partial charge in [0, 0.05) is 39.0 Å². The van der Waals surface area contributed by atoms with Crippen LogP contribution in [0.2, 0.25) is 0 Å². The highest BCUT2D eigenvalue weighted by atomic mass is 32.2. The van der Waals surface area contributed by atoms with Gasteiger partial charge in [-0.1, -0.05) is 49.4 Å². The lowest BCUT2D eigenvalue weighted by Crippen LogP contribution is -2.50. The number of benzene rings is 1. The first kappa shape index (κ1) is 27.5. The van der Waals surface area contributed by atoms with Crippen LogP contribution in [0.15, 0.2) is 60.1 Å². The summed E-state index contributed by atoms with van der Waals surface area (Å²) in [6.45, 7) is 3.73. The molecule has 0 fully saturated rings. The van der Waals surface area contributed by atoms with Crippen LogP contribution in [-0.2, 0) is 17.1 Å². The lowest BCUT2D eigenvalue weighted by Gasteiger charge is -2.37. The zero-order chi connectivity index (χ0) is 27.4. The van der Waals surface area contributed by atoms with E-state index in [1.165, 1.54) is 23.9 Å². The van der Waals surface area contributed by atoms with E-state index >= 15 is 0 Å². The van der Waals surface area contributed by atoms with Gasteiger partial charge < -0.3 is 19.3 Å². The number of hydrogen-bond donors (Lipinski definition) is 1. The number of aromatic nitrogens is 3. The molecule has 0 radical (unpaired) electrons. The Balaban J connectivity index is 1.66. The summed E-state index contributed by atoms with van der Waals surface area (Å²) in [5.74, 6) is -0.437. The first-order valence-electron chi connectivity index (χ1n) is 12.4. The van der Waals surface area contributed by atoms with E-state index < -0.39 is 22.2 Å². The van der Waals surface area contributed by atoms with Crippen LogP contribution < -0.4 is 4.74 Å². The van der Waals surface area contributed by atoms with Crippen molar-refractivity contribution in [3.63, 3.8) is 0 Å². The summed E-state index contributed by atoms with van der Waals surface area (Å²) in [6, 6.07) is 11.0. The summed E-state index contributed by atoms with van der Waals surface area (Å²) in [6.07, 6.45) is 7.66. The third kappa shape index (κ3) is 5.95. The van der Waals surface area contributed by atoms with Crippen LogP contribution in [0.1, 0.15) is 35.3 Å². The number of ether oxygens (including phenoxy) is 1. The highest BCUT2D eigenvalue weighted by Crippen LogP contribution is 2.28. The number of hydrogen-bond acceptors (Lipinski definition) is 7. The number of rotatable bonds is 8. The monoisotopic (exact) mass is 539 g/mol. The summed E-state index contributed by atoms with van der Waals surface area (Å²) in [5.41, 5.74) is 1.97. The van der Waals surface area contributed by atoms with Gasteiger partial charge in [0.15, 0.2) is 5.03 Å². The van der Waals surface area contributed by atoms with Crippen molar-refractivity contribution in [1.29, 1.82) is 0 Å². The van der Waals surface area contributed by atoms with Crippen LogP contribution >= 0.6 is 0 Å². The van der Waals surface area contributed by atoms with E-state index in [0.29, 0.717) is 5.56 Å². The maximum atomic E-state index is 13.6. The van der Waals surface area contributed by atoms with Crippen LogP contribution in [0.25, 0.3) is 12.2 Å². The second-order valence-electron chi connectivity index (χ2n) is 9.65. The van der Waals surface area contributed by atoms with E-state index in [9.17, 15) is 18.3 Å². The van der Waals surface area contributed by atoms with E-state index in [4.69, 9.17) is 4.74 Å². The number of pyridine rings is 1. The molecule has 1 amide bonds. The fraction of sp³-hybridized carbons (Fsp3) is 0.370. The standard InChI is InChI=1S/C27H33N5O5S/c1-19-14-32(20(2)17-33)27(34)23-12-22(11-10-21-8-6-5-7-9-21)13-28-26(23)37-24(19)15-31(4)38(35,36)25-16-30(3)18-29-25/h5-13,16,18-20,24,33H,14-15,17H2,1-4H3/b11-10+/t19-,20+,24-/m0/s1. The van der Waals surface area contributed by atoms with Crippen LogP contribution in [-0.4, -0.2) is 82.1 Å². The number of likely N-dealkylation sites (N-methyl/N-ethyl adjacent to an activating group) is 1. The molecule has 0 bridgehead atoms. The molecule has 1 aliphatic heterocycles. The van der Waals surface area contributed by atoms with Crippen molar-refractivity contribution in [2.24, 2.45) is 13.0 Å². The summed E-state index contributed by atoms with van der Waals surface area (Å²) >= 11 is 0. The molecule has 202 valence electrons. The summed E-state index contributed by atoms with van der Waals surface area (Å²) < 4.78 is 35.2. The minimum Gasteiger partial charge on any atom is -0.472 e. The molecule has 4 rings (SSSR count). The Bertz CT molecular complexity index is 1410. The van der Waals surface area contributed by atoms with E-state index in [1.807, 2.05) is 49.4 Å². The van der Waals surface area contributed by atoms with Crippen molar-refractivity contribution in [1.82, 2.24) is 23.7 Å². The number of aryl methyl sites for hydroxylation is 1. The molecule has 1 N–H and O–H groups in total. The van der Waals surface area contributed by atoms with Gasteiger partial charge in [-0.25, -0.2) is 18.4 Å². The molecule has 0 unspecified atom stereocenters. The lowest BCUT2D eigenvalue weighted by atomic mass is 10.00. The largest absolute Gasteiger partial charge is 0.472 e. The molecule has 1 aromatic carbocycles. The summed E-state index contributed by atoms with van der Waals surface area (Å²) in [7, 11) is -0.677. The van der Waals surface area contributed by atoms with Crippen molar-refractivity contribution in [2.75, 3.05) is 26.7 Å². The molecular formula is C27H33N5O5S. The van der Waals surface area contributed by atoms with Crippen LogP contribution in [0.4, 0.5) is 0 Å². The SMILES string of the molecule is C[C@H](CO)N1C[C@H](C)[C@H](CN(C)S(=O)(=O)c2cn(C)cn2)Oc2ncc(/C=C/c3ccccc3)cc2C1=O. The number of imidazole rings is 1. The predicted molar refractivity (Wildman–Crippen MR) is 144 cm³/mol. The minimum absolute atomic E-state index is 0.0202. The smallest absolute Gasteiger partial charge is 0.261 e. The first-order valence-corrected chi connectivity index (χ1v) is 13.8. The fourth-order valence-corrected chi connectivity index (χ4v) is 5.36. The Kier molecular flexibility index (Phi) is 8.29. The molecule has 0 saturated heterocycles. The van der Waals surface area contributed by atoms with Crippen molar-refractivity contribution in [3.05, 3.63) is 71.8 Å². The number of aliphatic hydroxyl groups excluding tert-OH is 1. The van der Waals surface area contributed by atoms with Gasteiger partial charge in [-0.3, -0.25) is 4.79 Å². The van der Waals surface area contributed by atoms with Gasteiger partial charge in [0.2, 0.25) is 5.88 Å². The average molecular weight is 540 g/mol. The number of fused-ring (bicyclic) bond motifs is 1. The van der Waals surface area contributed by atoms with E-state index in [0.717, 1.165) is 5.56 Å². The molecule has 11 heteroatoms. The second kappa shape index (κ2) is 11.5. The van der Waals surface area contributed by atoms with Gasteiger partial charge in [-0.2, -0.15) is 4.31 Å². The third-order valence-corrected chi connectivity index (χ3v) is 8.31. The molecular weight excluding hydrogens is 506 g/mol. The lowest BCUT2D eigenvalue weighted by molar-refractivity contribution is 0.0373. The van der Waals surface area contributed by atoms with Crippen molar-refractivity contribution >= 4 is 28.1 Å². The molecule has 10 nitrogen and oxygen atoms in total. The van der Waals surface area contributed by atoms with Crippen LogP contribution in [0.3, 0.4) is 0 Å². The van der Waals surface area contributed by atoms with Crippen molar-refractivity contribution < 1.29 is 23.1 Å². The third-order valence-electron chi connectivity index (χ3n) is 6.60. The Morgan fingerprint density at radius 1 is 1.21 bits per heavy atom. The van der Waals surface area contributed by atoms with E-state index in [-0.39, 0.29) is 48.0 Å². The van der Waals surface area contributed by atoms with Crippen LogP contribution in [0.5, 0.6) is 5.88 Å². The molecule has 0 spiro atoms. The first-order chi connectivity index (χ1) is 18.1. The Hall–Kier alpha value is -3.54. The summed E-state index contributed by atoms with van der Waals surface area (Å²) in [4.78, 5) is 23.6. The van der Waals surface area contributed by atoms with Crippen molar-refractivity contribution in [2.45, 2.75) is 31.0 Å². The molecule has 3 atom stereocenters. The Labute approximate surface area is 223 Å². The molecule has 3 heterocycles. The molecule has 0 saturated carbocycles. The number of aliphatic hydroxyl groups is 1. The second-order valence-corrected chi connectivity index (χ2v) is 11.6. The predicted octanol–water partition coefficient (Wildman–Crippen LogP) is 2.53. The Morgan fingerprint density at radius 2 is 1.92 bits per heavy atom. The number of sulfonamides is 1. The van der Waals surface area contributed by atoms with Crippen LogP contribution in [0, 0.1) is 5.92 Å². The van der Waals surface area contributed by atoms with Gasteiger partial charge in [0.1, 0.15) is 11.7 Å². The summed E-state index contributed by atoms with van der Waals surface area (Å²) in [5, 5.41) is 9.81.